The van der Waals surface area contributed by atoms with Crippen molar-refractivity contribution < 1.29 is 97.3 Å². The number of aromatic nitrogens is 2. The van der Waals surface area contributed by atoms with Gasteiger partial charge >= 0.3 is 36.0 Å². The van der Waals surface area contributed by atoms with Crippen LogP contribution < -0.4 is 9.47 Å². The Morgan fingerprint density at radius 3 is 0.978 bits per heavy atom. The van der Waals surface area contributed by atoms with Crippen LogP contribution in [-0.2, 0) is 11.3 Å². The van der Waals surface area contributed by atoms with E-state index in [2.05, 4.69) is 19.4 Å². The van der Waals surface area contributed by atoms with Gasteiger partial charge in [-0.1, -0.05) is 6.07 Å². The fraction of sp³-hybridized carbons (Fsp3) is 0.273. The molecule has 0 fully saturated rings. The van der Waals surface area contributed by atoms with Gasteiger partial charge in [-0.15, -0.1) is 0 Å². The predicted molar refractivity (Wildman–Crippen MR) is 105 cm³/mol. The van der Waals surface area contributed by atoms with Crippen molar-refractivity contribution in [1.82, 2.24) is 9.97 Å². The molecule has 4 nitrogen and oxygen atoms in total. The average Bonchev–Trinajstić information content (AvgIpc) is 2.88. The Hall–Kier alpha value is -4.28. The third-order valence-corrected chi connectivity index (χ3v) is 5.50. The molecule has 3 rings (SSSR count). The second-order valence-corrected chi connectivity index (χ2v) is 8.41. The van der Waals surface area contributed by atoms with Gasteiger partial charge in [-0.25, -0.2) is 26.3 Å². The summed E-state index contributed by atoms with van der Waals surface area (Å²) in [6.45, 7) is 0. The highest BCUT2D eigenvalue weighted by atomic mass is 19.4. The second kappa shape index (κ2) is 11.2. The van der Waals surface area contributed by atoms with Crippen molar-refractivity contribution >= 4 is 0 Å². The number of hydrogen-bond donors (Lipinski definition) is 0. The number of ether oxygens (including phenoxy) is 2. The molecule has 0 atom stereocenters. The molecule has 24 heteroatoms. The molecule has 2 heterocycles. The van der Waals surface area contributed by atoms with E-state index >= 15 is 0 Å². The van der Waals surface area contributed by atoms with Crippen LogP contribution in [0.3, 0.4) is 0 Å². The van der Waals surface area contributed by atoms with E-state index in [1.165, 1.54) is 0 Å². The number of rotatable bonds is 6. The average molecular weight is 708 g/mol. The van der Waals surface area contributed by atoms with Crippen LogP contribution >= 0.6 is 0 Å². The first-order valence-corrected chi connectivity index (χ1v) is 10.8. The van der Waals surface area contributed by atoms with Crippen LogP contribution in [0.4, 0.5) is 87.8 Å². The topological polar surface area (TPSA) is 44.2 Å². The van der Waals surface area contributed by atoms with E-state index < -0.39 is 106 Å². The number of benzene rings is 1. The van der Waals surface area contributed by atoms with Gasteiger partial charge in [-0.05, 0) is 12.1 Å². The molecule has 3 aromatic rings. The number of nitrogens with zero attached hydrogens (tertiary/aromatic N) is 2. The third kappa shape index (κ3) is 5.76. The zero-order chi connectivity index (χ0) is 35.6. The van der Waals surface area contributed by atoms with Gasteiger partial charge in [0.1, 0.15) is 11.5 Å². The Labute approximate surface area is 238 Å². The highest BCUT2D eigenvalue weighted by Gasteiger charge is 2.77. The van der Waals surface area contributed by atoms with Crippen LogP contribution in [-0.4, -0.2) is 34.7 Å². The summed E-state index contributed by atoms with van der Waals surface area (Å²) in [7, 11) is 0. The van der Waals surface area contributed by atoms with Crippen molar-refractivity contribution in [3.8, 4) is 23.3 Å². The number of halogens is 20. The molecule has 0 spiro atoms. The molecule has 46 heavy (non-hydrogen) atoms. The number of alkyl halides is 14. The first-order valence-electron chi connectivity index (χ1n) is 10.8. The fourth-order valence-electron chi connectivity index (χ4n) is 3.44. The van der Waals surface area contributed by atoms with Crippen molar-refractivity contribution in [2.75, 3.05) is 0 Å². The minimum atomic E-state index is -7.19. The van der Waals surface area contributed by atoms with Crippen molar-refractivity contribution in [1.29, 1.82) is 0 Å². The van der Waals surface area contributed by atoms with Crippen molar-refractivity contribution in [3.05, 3.63) is 70.6 Å². The minimum Gasteiger partial charge on any atom is -0.436 e. The highest BCUT2D eigenvalue weighted by molar-refractivity contribution is 5.41. The van der Waals surface area contributed by atoms with E-state index in [0.29, 0.717) is 18.2 Å². The third-order valence-electron chi connectivity index (χ3n) is 5.50. The monoisotopic (exact) mass is 708 g/mol. The SMILES string of the molecule is Fc1nc(Oc2cccc(Oc3nc(F)c(F)c(C(F)(C(F)(F)F)C(F)(F)F)c3F)c2)c(F)c(C(F)(C(F)(F)F)C(F)(F)F)c1F. The minimum absolute atomic E-state index is 0.108. The molecule has 2 aromatic heterocycles. The van der Waals surface area contributed by atoms with E-state index in [9.17, 15) is 87.8 Å². The van der Waals surface area contributed by atoms with Crippen molar-refractivity contribution in [3.63, 3.8) is 0 Å². The Morgan fingerprint density at radius 1 is 0.435 bits per heavy atom. The molecule has 254 valence electrons. The van der Waals surface area contributed by atoms with Gasteiger partial charge in [-0.3, -0.25) is 0 Å². The second-order valence-electron chi connectivity index (χ2n) is 8.41. The van der Waals surface area contributed by atoms with Gasteiger partial charge in [-0.2, -0.15) is 71.4 Å². The van der Waals surface area contributed by atoms with Crippen LogP contribution in [0.2, 0.25) is 0 Å². The smallest absolute Gasteiger partial charge is 0.436 e. The zero-order valence-electron chi connectivity index (χ0n) is 20.6. The summed E-state index contributed by atoms with van der Waals surface area (Å²) in [4.78, 5) is 4.48. The largest absolute Gasteiger partial charge is 0.436 e. The summed E-state index contributed by atoms with van der Waals surface area (Å²) in [5, 5.41) is 0. The highest BCUT2D eigenvalue weighted by Crippen LogP contribution is 2.57. The molecule has 0 aliphatic carbocycles. The van der Waals surface area contributed by atoms with E-state index in [-0.39, 0.29) is 6.07 Å². The summed E-state index contributed by atoms with van der Waals surface area (Å²) in [6.07, 6.45) is -28.8. The quantitative estimate of drug-likeness (QED) is 0.189. The van der Waals surface area contributed by atoms with Gasteiger partial charge in [0.15, 0.2) is 23.3 Å². The Bertz CT molecular complexity index is 1500. The van der Waals surface area contributed by atoms with Crippen LogP contribution in [0.1, 0.15) is 11.1 Å². The molecule has 0 saturated carbocycles. The molecule has 1 aromatic carbocycles. The fourth-order valence-corrected chi connectivity index (χ4v) is 3.44. The molecule has 0 saturated heterocycles. The first-order chi connectivity index (χ1) is 20.6. The number of pyridine rings is 2. The van der Waals surface area contributed by atoms with E-state index in [1.54, 1.807) is 0 Å². The summed E-state index contributed by atoms with van der Waals surface area (Å²) >= 11 is 0. The Kier molecular flexibility index (Phi) is 8.82. The molecule has 0 radical (unpaired) electrons. The van der Waals surface area contributed by atoms with E-state index in [0.717, 1.165) is 0 Å². The molecule has 0 aliphatic rings. The molecule has 0 amide bonds. The van der Waals surface area contributed by atoms with Gasteiger partial charge < -0.3 is 9.47 Å². The lowest BCUT2D eigenvalue weighted by atomic mass is 9.93. The maximum absolute atomic E-state index is 14.7. The Morgan fingerprint density at radius 2 is 0.717 bits per heavy atom. The van der Waals surface area contributed by atoms with Crippen LogP contribution in [0.25, 0.3) is 0 Å². The van der Waals surface area contributed by atoms with Gasteiger partial charge in [0.05, 0.1) is 11.1 Å². The molecule has 0 bridgehead atoms. The summed E-state index contributed by atoms with van der Waals surface area (Å²) in [5.74, 6) is -26.6. The molecule has 0 aliphatic heterocycles. The van der Waals surface area contributed by atoms with E-state index in [1.807, 2.05) is 0 Å². The van der Waals surface area contributed by atoms with Crippen molar-refractivity contribution in [2.45, 2.75) is 36.0 Å². The van der Waals surface area contributed by atoms with Gasteiger partial charge in [0, 0.05) is 6.07 Å². The molecular weight excluding hydrogens is 704 g/mol. The lowest BCUT2D eigenvalue weighted by Gasteiger charge is -2.30. The maximum Gasteiger partial charge on any atom is 0.436 e. The van der Waals surface area contributed by atoms with Crippen molar-refractivity contribution in [2.24, 2.45) is 0 Å². The first kappa shape index (κ1) is 36.2. The lowest BCUT2D eigenvalue weighted by molar-refractivity contribution is -0.351. The van der Waals surface area contributed by atoms with E-state index in [4.69, 9.17) is 0 Å². The van der Waals surface area contributed by atoms with Gasteiger partial charge in [0.25, 0.3) is 23.7 Å². The predicted octanol–water partition coefficient (Wildman–Crippen LogP) is 9.47. The van der Waals surface area contributed by atoms with Crippen LogP contribution in [0.5, 0.6) is 23.3 Å². The molecule has 0 unspecified atom stereocenters. The number of hydrogen-bond acceptors (Lipinski definition) is 4. The standard InChI is InChI=1S/C22H4F20N2O2/c23-9-7(17(29,19(31,32)33)20(34,35)36)11(25)15(43-13(9)27)45-5-2-1-3-6(4-5)46-16-12(26)8(10(24)14(28)44-16)18(30,21(37,38)39)22(40,41)42/h1-4H. The molecular formula is C22H4F20N2O2. The Balaban J connectivity index is 2.14. The zero-order valence-corrected chi connectivity index (χ0v) is 20.6. The van der Waals surface area contributed by atoms with Crippen LogP contribution in [0.15, 0.2) is 24.3 Å². The molecule has 0 N–H and O–H groups in total. The maximum atomic E-state index is 14.7. The summed E-state index contributed by atoms with van der Waals surface area (Å²) < 4.78 is 279. The normalized spacial score (nSPS) is 13.7. The summed E-state index contributed by atoms with van der Waals surface area (Å²) in [5.41, 5.74) is -21.1. The van der Waals surface area contributed by atoms with Gasteiger partial charge in [0.2, 0.25) is 0 Å². The lowest BCUT2D eigenvalue weighted by Crippen LogP contribution is -2.51. The summed E-state index contributed by atoms with van der Waals surface area (Å²) in [6, 6.07) is 1.56. The van der Waals surface area contributed by atoms with Crippen LogP contribution in [0, 0.1) is 35.2 Å².